The van der Waals surface area contributed by atoms with Crippen molar-refractivity contribution in [3.8, 4) is 6.07 Å². The number of carbonyl (C=O) groups excluding carboxylic acids is 1. The molecule has 7 heteroatoms. The number of hydrogen-bond donors (Lipinski definition) is 2. The second-order valence-corrected chi connectivity index (χ2v) is 4.98. The highest BCUT2D eigenvalue weighted by Gasteiger charge is 2.48. The molecule has 19 heavy (non-hydrogen) atoms. The van der Waals surface area contributed by atoms with Crippen LogP contribution in [0.4, 0.5) is 5.82 Å². The Labute approximate surface area is 118 Å². The van der Waals surface area contributed by atoms with E-state index in [1.165, 1.54) is 0 Å². The van der Waals surface area contributed by atoms with Crippen LogP contribution in [0.3, 0.4) is 0 Å². The van der Waals surface area contributed by atoms with Crippen molar-refractivity contribution in [2.24, 2.45) is 0 Å². The van der Waals surface area contributed by atoms with Gasteiger partial charge >= 0.3 is 0 Å². The van der Waals surface area contributed by atoms with Gasteiger partial charge in [0.05, 0.1) is 17.2 Å². The van der Waals surface area contributed by atoms with Gasteiger partial charge in [-0.05, 0) is 18.9 Å². The van der Waals surface area contributed by atoms with Gasteiger partial charge in [-0.3, -0.25) is 9.59 Å². The van der Waals surface area contributed by atoms with E-state index in [0.29, 0.717) is 18.5 Å². The Morgan fingerprint density at radius 2 is 2.11 bits per heavy atom. The van der Waals surface area contributed by atoms with E-state index in [1.54, 1.807) is 0 Å². The number of H-pyrrole nitrogens is 1. The van der Waals surface area contributed by atoms with E-state index >= 15 is 0 Å². The first-order valence-corrected chi connectivity index (χ1v) is 6.17. The third-order valence-corrected chi connectivity index (χ3v) is 3.69. The van der Waals surface area contributed by atoms with E-state index in [0.717, 1.165) is 6.08 Å². The number of aromatic amines is 1. The van der Waals surface area contributed by atoms with Crippen LogP contribution in [0.25, 0.3) is 0 Å². The zero-order valence-electron chi connectivity index (χ0n) is 9.72. The van der Waals surface area contributed by atoms with Crippen LogP contribution in [-0.2, 0) is 10.2 Å². The molecule has 1 aromatic heterocycles. The van der Waals surface area contributed by atoms with E-state index in [4.69, 9.17) is 28.5 Å². The van der Waals surface area contributed by atoms with Crippen molar-refractivity contribution in [3.05, 3.63) is 38.6 Å². The second-order valence-electron chi connectivity index (χ2n) is 4.22. The Kier molecular flexibility index (Phi) is 3.40. The number of nitrogens with zero attached hydrogens (tertiary/aromatic N) is 1. The van der Waals surface area contributed by atoms with E-state index in [-0.39, 0.29) is 15.9 Å². The maximum atomic E-state index is 11.9. The van der Waals surface area contributed by atoms with Crippen LogP contribution >= 0.6 is 23.2 Å². The lowest BCUT2D eigenvalue weighted by Crippen LogP contribution is -2.20. The van der Waals surface area contributed by atoms with E-state index in [9.17, 15) is 9.59 Å². The summed E-state index contributed by atoms with van der Waals surface area (Å²) < 4.78 is 0. The molecule has 1 saturated carbocycles. The fourth-order valence-electron chi connectivity index (χ4n) is 1.69. The predicted molar refractivity (Wildman–Crippen MR) is 72.4 cm³/mol. The van der Waals surface area contributed by atoms with Crippen LogP contribution in [0, 0.1) is 11.3 Å². The molecule has 1 aliphatic carbocycles. The topological polar surface area (TPSA) is 85.8 Å². The summed E-state index contributed by atoms with van der Waals surface area (Å²) in [6.45, 7) is 3.30. The lowest BCUT2D eigenvalue weighted by molar-refractivity contribution is -0.111. The molecule has 1 amide bonds. The van der Waals surface area contributed by atoms with Crippen molar-refractivity contribution in [1.82, 2.24) is 4.98 Å². The Morgan fingerprint density at radius 3 is 2.58 bits per heavy atom. The molecule has 98 valence electrons. The number of aromatic nitrogens is 1. The number of hydrogen-bond acceptors (Lipinski definition) is 3. The average Bonchev–Trinajstić information content (AvgIpc) is 3.20. The summed E-state index contributed by atoms with van der Waals surface area (Å²) in [6.07, 6.45) is 2.26. The summed E-state index contributed by atoms with van der Waals surface area (Å²) in [7, 11) is 0. The molecule has 1 fully saturated rings. The number of amides is 1. The van der Waals surface area contributed by atoms with Crippen molar-refractivity contribution in [1.29, 1.82) is 5.26 Å². The number of nitrogens with one attached hydrogen (secondary N) is 2. The molecular formula is C12H9Cl2N3O2. The molecule has 1 aliphatic rings. The lowest BCUT2D eigenvalue weighted by atomic mass is 10.0. The third kappa shape index (κ3) is 2.25. The number of pyridine rings is 1. The van der Waals surface area contributed by atoms with Crippen molar-refractivity contribution >= 4 is 34.9 Å². The summed E-state index contributed by atoms with van der Waals surface area (Å²) in [4.78, 5) is 25.9. The highest BCUT2D eigenvalue weighted by atomic mass is 35.5. The van der Waals surface area contributed by atoms with Gasteiger partial charge in [0.25, 0.3) is 0 Å². The molecular weight excluding hydrogens is 289 g/mol. The molecule has 0 aromatic carbocycles. The average molecular weight is 298 g/mol. The van der Waals surface area contributed by atoms with Crippen molar-refractivity contribution in [3.63, 3.8) is 0 Å². The fourth-order valence-corrected chi connectivity index (χ4v) is 2.25. The van der Waals surface area contributed by atoms with Crippen molar-refractivity contribution in [2.45, 2.75) is 18.3 Å². The summed E-state index contributed by atoms with van der Waals surface area (Å²) >= 11 is 11.8. The maximum Gasteiger partial charge on any atom is 0.248 e. The van der Waals surface area contributed by atoms with Crippen LogP contribution < -0.4 is 10.7 Å². The zero-order valence-corrected chi connectivity index (χ0v) is 11.2. The van der Waals surface area contributed by atoms with Gasteiger partial charge in [0, 0.05) is 0 Å². The Bertz CT molecular complexity index is 669. The number of rotatable bonds is 3. The number of halogens is 2. The van der Waals surface area contributed by atoms with E-state index < -0.39 is 16.8 Å². The molecule has 0 atom stereocenters. The summed E-state index contributed by atoms with van der Waals surface area (Å²) in [5.74, 6) is -0.495. The van der Waals surface area contributed by atoms with Crippen LogP contribution in [0.15, 0.2) is 17.4 Å². The quantitative estimate of drug-likeness (QED) is 0.840. The van der Waals surface area contributed by atoms with Crippen LogP contribution in [0.5, 0.6) is 0 Å². The standard InChI is InChI=1S/C12H9Cl2N3O2/c1-2-6(18)16-11-8(14)9(19)7(13)10(17-11)12(5-15)3-4-12/h2H,1,3-4H2,(H2,16,17,18,19). The van der Waals surface area contributed by atoms with Crippen LogP contribution in [0.2, 0.25) is 10.0 Å². The van der Waals surface area contributed by atoms with Gasteiger partial charge in [-0.25, -0.2) is 0 Å². The minimum atomic E-state index is -0.783. The lowest BCUT2D eigenvalue weighted by Gasteiger charge is -2.13. The highest BCUT2D eigenvalue weighted by Crippen LogP contribution is 2.49. The van der Waals surface area contributed by atoms with Gasteiger partial charge in [0.15, 0.2) is 0 Å². The van der Waals surface area contributed by atoms with Gasteiger partial charge in [-0.15, -0.1) is 0 Å². The van der Waals surface area contributed by atoms with Gasteiger partial charge in [-0.1, -0.05) is 29.8 Å². The third-order valence-electron chi connectivity index (χ3n) is 2.96. The molecule has 0 bridgehead atoms. The molecule has 2 N–H and O–H groups in total. The Balaban J connectivity index is 2.58. The van der Waals surface area contributed by atoms with Gasteiger partial charge < -0.3 is 10.3 Å². The molecule has 1 aromatic rings. The first-order chi connectivity index (χ1) is 8.95. The minimum Gasteiger partial charge on any atom is -0.341 e. The summed E-state index contributed by atoms with van der Waals surface area (Å²) in [5.41, 5.74) is -1.10. The van der Waals surface area contributed by atoms with Crippen molar-refractivity contribution in [2.75, 3.05) is 5.32 Å². The number of carbonyl (C=O) groups is 1. The normalized spacial score (nSPS) is 15.4. The molecule has 0 spiro atoms. The van der Waals surface area contributed by atoms with Gasteiger partial charge in [-0.2, -0.15) is 5.26 Å². The predicted octanol–water partition coefficient (Wildman–Crippen LogP) is 2.36. The maximum absolute atomic E-state index is 11.9. The first kappa shape index (κ1) is 13.7. The van der Waals surface area contributed by atoms with E-state index in [1.807, 2.05) is 0 Å². The monoisotopic (exact) mass is 297 g/mol. The van der Waals surface area contributed by atoms with Gasteiger partial charge in [0.2, 0.25) is 11.3 Å². The first-order valence-electron chi connectivity index (χ1n) is 5.41. The summed E-state index contributed by atoms with van der Waals surface area (Å²) in [5, 5.41) is 11.2. The highest BCUT2D eigenvalue weighted by molar-refractivity contribution is 6.36. The Morgan fingerprint density at radius 1 is 1.47 bits per heavy atom. The largest absolute Gasteiger partial charge is 0.341 e. The second kappa shape index (κ2) is 4.72. The fraction of sp³-hybridized carbons (Fsp3) is 0.250. The Hall–Kier alpha value is -1.77. The summed E-state index contributed by atoms with van der Waals surface area (Å²) in [6, 6.07) is 2.12. The van der Waals surface area contributed by atoms with Crippen LogP contribution in [-0.4, -0.2) is 10.9 Å². The molecule has 5 nitrogen and oxygen atoms in total. The van der Waals surface area contributed by atoms with Crippen molar-refractivity contribution < 1.29 is 4.79 Å². The van der Waals surface area contributed by atoms with Crippen LogP contribution in [0.1, 0.15) is 18.5 Å². The molecule has 2 rings (SSSR count). The zero-order chi connectivity index (χ0) is 14.2. The molecule has 0 saturated heterocycles. The van der Waals surface area contributed by atoms with Gasteiger partial charge in [0.1, 0.15) is 15.9 Å². The molecule has 1 heterocycles. The number of nitriles is 1. The smallest absolute Gasteiger partial charge is 0.248 e. The molecule has 0 unspecified atom stereocenters. The SMILES string of the molecule is C=CC(=O)Nc1[nH]c(C2(C#N)CC2)c(Cl)c(=O)c1Cl. The molecule has 0 aliphatic heterocycles. The number of anilines is 1. The minimum absolute atomic E-state index is 0.0255. The van der Waals surface area contributed by atoms with E-state index in [2.05, 4.69) is 22.9 Å². The molecule has 0 radical (unpaired) electrons.